The highest BCUT2D eigenvalue weighted by Gasteiger charge is 2.34. The fourth-order valence-corrected chi connectivity index (χ4v) is 4.13. The molecule has 0 aliphatic carbocycles. The first kappa shape index (κ1) is 19.6. The van der Waals surface area contributed by atoms with E-state index in [9.17, 15) is 4.79 Å². The molecular formula is C22H26BrN3O. The van der Waals surface area contributed by atoms with Gasteiger partial charge in [0.15, 0.2) is 0 Å². The van der Waals surface area contributed by atoms with Gasteiger partial charge in [-0.05, 0) is 80.1 Å². The summed E-state index contributed by atoms with van der Waals surface area (Å²) in [7, 11) is 2.16. The third-order valence-electron chi connectivity index (χ3n) is 5.48. The average Bonchev–Trinajstić information content (AvgIpc) is 2.60. The minimum Gasteiger partial charge on any atom is -0.369 e. The molecule has 0 radical (unpaired) electrons. The Morgan fingerprint density at radius 1 is 1.33 bits per heavy atom. The number of aryl methyl sites for hydroxylation is 1. The molecule has 2 aromatic rings. The zero-order chi connectivity index (χ0) is 19.8. The average molecular weight is 428 g/mol. The SMILES string of the molecule is Cc1cc2c(cc1/C=N\NC(=O)c1cccc(Br)c1)[C@@H](C)CC(C)(C)N2C. The molecule has 0 unspecified atom stereocenters. The number of nitrogens with zero attached hydrogens (tertiary/aromatic N) is 2. The number of rotatable bonds is 3. The summed E-state index contributed by atoms with van der Waals surface area (Å²) < 4.78 is 0.866. The Kier molecular flexibility index (Phi) is 5.43. The van der Waals surface area contributed by atoms with Crippen LogP contribution in [0.1, 0.15) is 60.2 Å². The van der Waals surface area contributed by atoms with Gasteiger partial charge < -0.3 is 4.90 Å². The van der Waals surface area contributed by atoms with Crippen LogP contribution < -0.4 is 10.3 Å². The number of anilines is 1. The first-order valence-corrected chi connectivity index (χ1v) is 9.95. The van der Waals surface area contributed by atoms with Crippen molar-refractivity contribution in [3.8, 4) is 0 Å². The van der Waals surface area contributed by atoms with E-state index in [2.05, 4.69) is 78.2 Å². The summed E-state index contributed by atoms with van der Waals surface area (Å²) >= 11 is 3.38. The standard InChI is InChI=1S/C22H26BrN3O/c1-14-9-20-19(15(2)12-22(3,4)26(20)5)11-17(14)13-24-25-21(27)16-7-6-8-18(23)10-16/h6-11,13,15H,12H2,1-5H3,(H,25,27)/b24-13-/t15-/m0/s1. The van der Waals surface area contributed by atoms with Crippen LogP contribution in [0.25, 0.3) is 0 Å². The molecule has 3 rings (SSSR count). The lowest BCUT2D eigenvalue weighted by molar-refractivity contribution is 0.0955. The van der Waals surface area contributed by atoms with Crippen molar-refractivity contribution < 1.29 is 4.79 Å². The number of hydrogen-bond donors (Lipinski definition) is 1. The normalized spacial score (nSPS) is 18.4. The maximum Gasteiger partial charge on any atom is 0.271 e. The first-order valence-electron chi connectivity index (χ1n) is 9.16. The van der Waals surface area contributed by atoms with E-state index in [-0.39, 0.29) is 11.4 Å². The van der Waals surface area contributed by atoms with Gasteiger partial charge in [-0.2, -0.15) is 5.10 Å². The molecule has 1 N–H and O–H groups in total. The van der Waals surface area contributed by atoms with Crippen LogP contribution in [0.3, 0.4) is 0 Å². The lowest BCUT2D eigenvalue weighted by Gasteiger charge is -2.45. The summed E-state index contributed by atoms with van der Waals surface area (Å²) in [6.45, 7) is 8.93. The first-order chi connectivity index (χ1) is 12.7. The number of amides is 1. The molecule has 5 heteroatoms. The summed E-state index contributed by atoms with van der Waals surface area (Å²) in [5, 5.41) is 4.18. The predicted octanol–water partition coefficient (Wildman–Crippen LogP) is 5.24. The molecule has 1 amide bonds. The van der Waals surface area contributed by atoms with E-state index >= 15 is 0 Å². The maximum absolute atomic E-state index is 12.2. The molecule has 0 fully saturated rings. The van der Waals surface area contributed by atoms with Crippen LogP contribution in [0.2, 0.25) is 0 Å². The van der Waals surface area contributed by atoms with Crippen molar-refractivity contribution in [2.75, 3.05) is 11.9 Å². The van der Waals surface area contributed by atoms with Crippen molar-refractivity contribution in [3.63, 3.8) is 0 Å². The van der Waals surface area contributed by atoms with E-state index in [1.165, 1.54) is 11.3 Å². The lowest BCUT2D eigenvalue weighted by Crippen LogP contribution is -2.45. The number of fused-ring (bicyclic) bond motifs is 1. The highest BCUT2D eigenvalue weighted by atomic mass is 79.9. The van der Waals surface area contributed by atoms with E-state index in [4.69, 9.17) is 0 Å². The van der Waals surface area contributed by atoms with Gasteiger partial charge in [0.1, 0.15) is 0 Å². The Balaban J connectivity index is 1.81. The van der Waals surface area contributed by atoms with Crippen LogP contribution in [-0.2, 0) is 0 Å². The summed E-state index contributed by atoms with van der Waals surface area (Å²) in [4.78, 5) is 14.6. The maximum atomic E-state index is 12.2. The van der Waals surface area contributed by atoms with Crippen LogP contribution in [0.5, 0.6) is 0 Å². The number of benzene rings is 2. The van der Waals surface area contributed by atoms with Gasteiger partial charge in [0.05, 0.1) is 6.21 Å². The van der Waals surface area contributed by atoms with Crippen LogP contribution in [-0.4, -0.2) is 24.7 Å². The summed E-state index contributed by atoms with van der Waals surface area (Å²) in [6, 6.07) is 11.7. The Labute approximate surface area is 169 Å². The minimum absolute atomic E-state index is 0.145. The van der Waals surface area contributed by atoms with Gasteiger partial charge in [-0.25, -0.2) is 5.43 Å². The van der Waals surface area contributed by atoms with E-state index in [1.807, 2.05) is 12.1 Å². The third-order valence-corrected chi connectivity index (χ3v) is 5.97. The smallest absolute Gasteiger partial charge is 0.271 e. The molecule has 1 aliphatic rings. The van der Waals surface area contributed by atoms with Crippen LogP contribution >= 0.6 is 15.9 Å². The van der Waals surface area contributed by atoms with Crippen LogP contribution in [0, 0.1) is 6.92 Å². The number of carbonyl (C=O) groups is 1. The van der Waals surface area contributed by atoms with Gasteiger partial charge in [-0.1, -0.05) is 28.9 Å². The lowest BCUT2D eigenvalue weighted by atomic mass is 9.79. The van der Waals surface area contributed by atoms with Crippen molar-refractivity contribution in [2.24, 2.45) is 5.10 Å². The Morgan fingerprint density at radius 3 is 2.78 bits per heavy atom. The molecule has 0 spiro atoms. The zero-order valence-electron chi connectivity index (χ0n) is 16.5. The minimum atomic E-state index is -0.224. The van der Waals surface area contributed by atoms with Gasteiger partial charge in [0.2, 0.25) is 0 Å². The van der Waals surface area contributed by atoms with E-state index in [0.29, 0.717) is 11.5 Å². The number of hydrogen-bond acceptors (Lipinski definition) is 3. The van der Waals surface area contributed by atoms with Gasteiger partial charge >= 0.3 is 0 Å². The second-order valence-electron chi connectivity index (χ2n) is 7.95. The van der Waals surface area contributed by atoms with Crippen molar-refractivity contribution in [2.45, 2.75) is 45.6 Å². The van der Waals surface area contributed by atoms with Crippen molar-refractivity contribution in [1.29, 1.82) is 0 Å². The fourth-order valence-electron chi connectivity index (χ4n) is 3.73. The number of halogens is 1. The third kappa shape index (κ3) is 4.08. The van der Waals surface area contributed by atoms with Crippen LogP contribution in [0.15, 0.2) is 46.0 Å². The monoisotopic (exact) mass is 427 g/mol. The molecule has 142 valence electrons. The summed E-state index contributed by atoms with van der Waals surface area (Å²) in [6.07, 6.45) is 2.84. The van der Waals surface area contributed by atoms with Gasteiger partial charge in [0, 0.05) is 28.3 Å². The second-order valence-corrected chi connectivity index (χ2v) is 8.87. The van der Waals surface area contributed by atoms with E-state index in [1.54, 1.807) is 18.3 Å². The molecule has 0 aromatic heterocycles. The summed E-state index contributed by atoms with van der Waals surface area (Å²) in [5.74, 6) is 0.258. The quantitative estimate of drug-likeness (QED) is 0.537. The van der Waals surface area contributed by atoms with Gasteiger partial charge in [-0.3, -0.25) is 4.79 Å². The zero-order valence-corrected chi connectivity index (χ0v) is 18.1. The molecular weight excluding hydrogens is 402 g/mol. The van der Waals surface area contributed by atoms with Gasteiger partial charge in [0.25, 0.3) is 5.91 Å². The highest BCUT2D eigenvalue weighted by molar-refractivity contribution is 9.10. The van der Waals surface area contributed by atoms with Crippen molar-refractivity contribution in [1.82, 2.24) is 5.43 Å². The highest BCUT2D eigenvalue weighted by Crippen LogP contribution is 2.43. The topological polar surface area (TPSA) is 44.7 Å². The fraction of sp³-hybridized carbons (Fsp3) is 0.364. The number of hydrazone groups is 1. The largest absolute Gasteiger partial charge is 0.369 e. The molecule has 4 nitrogen and oxygen atoms in total. The van der Waals surface area contributed by atoms with Crippen molar-refractivity contribution >= 4 is 33.7 Å². The van der Waals surface area contributed by atoms with Crippen LogP contribution in [0.4, 0.5) is 5.69 Å². The Morgan fingerprint density at radius 2 is 2.07 bits per heavy atom. The number of carbonyl (C=O) groups excluding carboxylic acids is 1. The molecule has 1 aliphatic heterocycles. The van der Waals surface area contributed by atoms with Crippen molar-refractivity contribution in [3.05, 3.63) is 63.1 Å². The second kappa shape index (κ2) is 7.47. The molecule has 0 saturated carbocycles. The Hall–Kier alpha value is -2.14. The Bertz CT molecular complexity index is 904. The van der Waals surface area contributed by atoms with E-state index in [0.717, 1.165) is 22.0 Å². The number of nitrogens with one attached hydrogen (secondary N) is 1. The summed E-state index contributed by atoms with van der Waals surface area (Å²) in [5.41, 5.74) is 8.12. The van der Waals surface area contributed by atoms with E-state index < -0.39 is 0 Å². The van der Waals surface area contributed by atoms with Gasteiger partial charge in [-0.15, -0.1) is 0 Å². The molecule has 0 saturated heterocycles. The molecule has 1 heterocycles. The molecule has 0 bridgehead atoms. The predicted molar refractivity (Wildman–Crippen MR) is 116 cm³/mol. The molecule has 2 aromatic carbocycles. The molecule has 1 atom stereocenters. The molecule has 27 heavy (non-hydrogen) atoms.